The van der Waals surface area contributed by atoms with Gasteiger partial charge < -0.3 is 10.2 Å². The maximum atomic E-state index is 13.9. The lowest BCUT2D eigenvalue weighted by Gasteiger charge is -2.32. The quantitative estimate of drug-likeness (QED) is 0.331. The number of benzene rings is 3. The van der Waals surface area contributed by atoms with Gasteiger partial charge in [0.25, 0.3) is 10.0 Å². The maximum absolute atomic E-state index is 13.9. The minimum atomic E-state index is -4.09. The molecule has 7 nitrogen and oxygen atoms in total. The van der Waals surface area contributed by atoms with Crippen molar-refractivity contribution < 1.29 is 18.0 Å². The van der Waals surface area contributed by atoms with Crippen LogP contribution in [0, 0.1) is 13.8 Å². The van der Waals surface area contributed by atoms with E-state index in [4.69, 9.17) is 11.6 Å². The normalized spacial score (nSPS) is 12.9. The first kappa shape index (κ1) is 30.2. The summed E-state index contributed by atoms with van der Waals surface area (Å²) in [6, 6.07) is 19.4. The van der Waals surface area contributed by atoms with Gasteiger partial charge in [0.2, 0.25) is 11.8 Å². The summed E-state index contributed by atoms with van der Waals surface area (Å²) in [5.41, 5.74) is 3.03. The summed E-state index contributed by atoms with van der Waals surface area (Å²) in [6.07, 6.45) is 0.736. The van der Waals surface area contributed by atoms with Crippen molar-refractivity contribution >= 4 is 39.1 Å². The van der Waals surface area contributed by atoms with E-state index < -0.39 is 28.5 Å². The number of nitrogens with one attached hydrogen (secondary N) is 1. The Hall–Kier alpha value is -3.36. The Labute approximate surface area is 236 Å². The molecule has 39 heavy (non-hydrogen) atoms. The van der Waals surface area contributed by atoms with Gasteiger partial charge in [-0.15, -0.1) is 0 Å². The van der Waals surface area contributed by atoms with Crippen LogP contribution in [0.4, 0.5) is 5.69 Å². The summed E-state index contributed by atoms with van der Waals surface area (Å²) in [5.74, 6) is -0.815. The lowest BCUT2D eigenvalue weighted by atomic mass is 10.1. The molecule has 0 aliphatic carbocycles. The van der Waals surface area contributed by atoms with Gasteiger partial charge in [0.05, 0.1) is 10.6 Å². The average molecular weight is 570 g/mol. The molecule has 0 aromatic heterocycles. The number of nitrogens with zero attached hydrogens (tertiary/aromatic N) is 2. The smallest absolute Gasteiger partial charge is 0.264 e. The molecule has 0 spiro atoms. The van der Waals surface area contributed by atoms with Crippen molar-refractivity contribution in [1.82, 2.24) is 10.2 Å². The molecule has 0 aliphatic heterocycles. The first-order chi connectivity index (χ1) is 18.4. The van der Waals surface area contributed by atoms with Crippen LogP contribution < -0.4 is 9.62 Å². The average Bonchev–Trinajstić information content (AvgIpc) is 2.92. The molecular formula is C30H36ClN3O4S. The van der Waals surface area contributed by atoms with Crippen molar-refractivity contribution in [3.8, 4) is 0 Å². The number of aryl methyl sites for hydroxylation is 2. The molecule has 0 radical (unpaired) electrons. The Morgan fingerprint density at radius 1 is 0.923 bits per heavy atom. The maximum Gasteiger partial charge on any atom is 0.264 e. The van der Waals surface area contributed by atoms with E-state index in [1.165, 1.54) is 17.0 Å². The first-order valence-electron chi connectivity index (χ1n) is 12.9. The highest BCUT2D eigenvalue weighted by atomic mass is 35.5. The molecule has 1 N–H and O–H groups in total. The van der Waals surface area contributed by atoms with E-state index in [0.29, 0.717) is 10.7 Å². The zero-order chi connectivity index (χ0) is 28.7. The second-order valence-electron chi connectivity index (χ2n) is 9.74. The molecule has 3 aromatic rings. The van der Waals surface area contributed by atoms with E-state index in [2.05, 4.69) is 5.32 Å². The monoisotopic (exact) mass is 569 g/mol. The van der Waals surface area contributed by atoms with Gasteiger partial charge in [-0.1, -0.05) is 54.9 Å². The van der Waals surface area contributed by atoms with Crippen LogP contribution in [0.3, 0.4) is 0 Å². The molecule has 0 bridgehead atoms. The van der Waals surface area contributed by atoms with Crippen LogP contribution in [-0.2, 0) is 26.2 Å². The molecule has 0 fully saturated rings. The predicted molar refractivity (Wildman–Crippen MR) is 156 cm³/mol. The summed E-state index contributed by atoms with van der Waals surface area (Å²) in [5, 5.41) is 3.48. The van der Waals surface area contributed by atoms with Gasteiger partial charge in [-0.25, -0.2) is 8.42 Å². The molecule has 0 aliphatic rings. The zero-order valence-electron chi connectivity index (χ0n) is 23.0. The highest BCUT2D eigenvalue weighted by Crippen LogP contribution is 2.26. The Kier molecular flexibility index (Phi) is 10.2. The minimum absolute atomic E-state index is 0.0714. The van der Waals surface area contributed by atoms with Crippen LogP contribution in [0.1, 0.15) is 43.9 Å². The minimum Gasteiger partial charge on any atom is -0.352 e. The zero-order valence-corrected chi connectivity index (χ0v) is 24.6. The summed E-state index contributed by atoms with van der Waals surface area (Å²) in [6.45, 7) is 8.96. The molecular weight excluding hydrogens is 534 g/mol. The van der Waals surface area contributed by atoms with E-state index in [9.17, 15) is 18.0 Å². The number of anilines is 1. The van der Waals surface area contributed by atoms with Crippen LogP contribution in [0.2, 0.25) is 5.02 Å². The fraction of sp³-hybridized carbons (Fsp3) is 0.333. The van der Waals surface area contributed by atoms with Crippen molar-refractivity contribution in [2.75, 3.05) is 10.8 Å². The second-order valence-corrected chi connectivity index (χ2v) is 12.0. The first-order valence-corrected chi connectivity index (χ1v) is 14.7. The van der Waals surface area contributed by atoms with Crippen LogP contribution in [0.15, 0.2) is 77.7 Å². The third-order valence-corrected chi connectivity index (χ3v) is 8.86. The molecule has 0 saturated heterocycles. The van der Waals surface area contributed by atoms with E-state index >= 15 is 0 Å². The standard InChI is InChI=1S/C30H36ClN3O4S/c1-6-23(4)32-30(36)24(5)33(19-25-13-15-26(31)16-14-25)29(35)20-34(27-17-12-21(2)22(3)18-27)39(37,38)28-10-8-7-9-11-28/h7-18,23-24H,6,19-20H2,1-5H3,(H,32,36). The van der Waals surface area contributed by atoms with Crippen LogP contribution in [0.25, 0.3) is 0 Å². The van der Waals surface area contributed by atoms with Gasteiger partial charge in [-0.05, 0) is 87.2 Å². The fourth-order valence-corrected chi connectivity index (χ4v) is 5.52. The van der Waals surface area contributed by atoms with Crippen molar-refractivity contribution in [2.24, 2.45) is 0 Å². The van der Waals surface area contributed by atoms with E-state index in [0.717, 1.165) is 27.4 Å². The topological polar surface area (TPSA) is 86.8 Å². The number of amides is 2. The van der Waals surface area contributed by atoms with Crippen LogP contribution in [-0.4, -0.2) is 43.8 Å². The fourth-order valence-electron chi connectivity index (χ4n) is 3.96. The van der Waals surface area contributed by atoms with Gasteiger partial charge >= 0.3 is 0 Å². The third-order valence-electron chi connectivity index (χ3n) is 6.82. The molecule has 3 rings (SSSR count). The van der Waals surface area contributed by atoms with E-state index in [1.807, 2.05) is 33.8 Å². The number of hydrogen-bond acceptors (Lipinski definition) is 4. The van der Waals surface area contributed by atoms with Gasteiger partial charge in [-0.2, -0.15) is 0 Å². The van der Waals surface area contributed by atoms with E-state index in [1.54, 1.807) is 61.5 Å². The van der Waals surface area contributed by atoms with Crippen molar-refractivity contribution in [3.63, 3.8) is 0 Å². The molecule has 0 heterocycles. The van der Waals surface area contributed by atoms with E-state index in [-0.39, 0.29) is 23.4 Å². The summed E-state index contributed by atoms with van der Waals surface area (Å²) >= 11 is 6.05. The summed E-state index contributed by atoms with van der Waals surface area (Å²) in [4.78, 5) is 28.5. The van der Waals surface area contributed by atoms with Crippen molar-refractivity contribution in [2.45, 2.75) is 64.6 Å². The highest BCUT2D eigenvalue weighted by molar-refractivity contribution is 7.92. The summed E-state index contributed by atoms with van der Waals surface area (Å²) in [7, 11) is -4.09. The SMILES string of the molecule is CCC(C)NC(=O)C(C)N(Cc1ccc(Cl)cc1)C(=O)CN(c1ccc(C)c(C)c1)S(=O)(=O)c1ccccc1. The number of sulfonamides is 1. The van der Waals surface area contributed by atoms with Crippen LogP contribution in [0.5, 0.6) is 0 Å². The largest absolute Gasteiger partial charge is 0.352 e. The number of hydrogen-bond donors (Lipinski definition) is 1. The van der Waals surface area contributed by atoms with Gasteiger partial charge in [-0.3, -0.25) is 13.9 Å². The number of halogens is 1. The predicted octanol–water partition coefficient (Wildman–Crippen LogP) is 5.48. The number of carbonyl (C=O) groups is 2. The molecule has 3 aromatic carbocycles. The lowest BCUT2D eigenvalue weighted by Crippen LogP contribution is -2.52. The summed E-state index contributed by atoms with van der Waals surface area (Å²) < 4.78 is 28.8. The molecule has 2 amide bonds. The molecule has 208 valence electrons. The molecule has 0 saturated carbocycles. The van der Waals surface area contributed by atoms with Gasteiger partial charge in [0, 0.05) is 17.6 Å². The molecule has 2 unspecified atom stereocenters. The third kappa shape index (κ3) is 7.61. The van der Waals surface area contributed by atoms with Crippen molar-refractivity contribution in [1.29, 1.82) is 0 Å². The number of carbonyl (C=O) groups excluding carboxylic acids is 2. The Morgan fingerprint density at radius 2 is 1.56 bits per heavy atom. The Bertz CT molecular complexity index is 1400. The Balaban J connectivity index is 2.03. The second kappa shape index (κ2) is 13.1. The number of rotatable bonds is 11. The molecule has 2 atom stereocenters. The van der Waals surface area contributed by atoms with Crippen molar-refractivity contribution in [3.05, 3.63) is 94.5 Å². The highest BCUT2D eigenvalue weighted by Gasteiger charge is 2.32. The lowest BCUT2D eigenvalue weighted by molar-refractivity contribution is -0.139. The van der Waals surface area contributed by atoms with Gasteiger partial charge in [0.1, 0.15) is 12.6 Å². The molecule has 9 heteroatoms. The van der Waals surface area contributed by atoms with Gasteiger partial charge in [0.15, 0.2) is 0 Å². The Morgan fingerprint density at radius 3 is 2.15 bits per heavy atom. The van der Waals surface area contributed by atoms with Crippen LogP contribution >= 0.6 is 11.6 Å².